The molecule has 15 heavy (non-hydrogen) atoms. The van der Waals surface area contributed by atoms with Gasteiger partial charge in [-0.1, -0.05) is 12.6 Å². The fourth-order valence-electron chi connectivity index (χ4n) is 1.15. The minimum atomic E-state index is -1.19. The van der Waals surface area contributed by atoms with Crippen LogP contribution >= 0.6 is 0 Å². The average Bonchev–Trinajstić information content (AvgIpc) is 2.20. The maximum atomic E-state index is 12.9. The molecule has 0 atom stereocenters. The predicted octanol–water partition coefficient (Wildman–Crippen LogP) is 1.85. The maximum absolute atomic E-state index is 12.9. The molecule has 0 saturated carbocycles. The fraction of sp³-hybridized carbons (Fsp3) is 0. The molecule has 0 aliphatic rings. The van der Waals surface area contributed by atoms with Crippen LogP contribution in [0.15, 0.2) is 31.0 Å². The molecule has 3 N–H and O–H groups in total. The number of carboxylic acids is 1. The van der Waals surface area contributed by atoms with Gasteiger partial charge in [-0.3, -0.25) is 0 Å². The second-order valence-corrected chi connectivity index (χ2v) is 2.87. The van der Waals surface area contributed by atoms with E-state index in [1.807, 2.05) is 0 Å². The van der Waals surface area contributed by atoms with Crippen molar-refractivity contribution < 1.29 is 14.3 Å². The van der Waals surface area contributed by atoms with Gasteiger partial charge in [0, 0.05) is 0 Å². The second-order valence-electron chi connectivity index (χ2n) is 2.87. The second kappa shape index (κ2) is 4.41. The molecule has 1 aromatic carbocycles. The van der Waals surface area contributed by atoms with Crippen molar-refractivity contribution in [1.29, 1.82) is 0 Å². The van der Waals surface area contributed by atoms with E-state index in [0.717, 1.165) is 6.07 Å². The summed E-state index contributed by atoms with van der Waals surface area (Å²) in [5.74, 6) is -1.70. The number of hydrogen-bond acceptors (Lipinski definition) is 2. The summed E-state index contributed by atoms with van der Waals surface area (Å²) in [5, 5.41) is 8.74. The molecule has 4 heteroatoms. The summed E-state index contributed by atoms with van der Waals surface area (Å²) in [7, 11) is 0. The normalized spacial score (nSPS) is 10.5. The quantitative estimate of drug-likeness (QED) is 0.743. The van der Waals surface area contributed by atoms with Crippen LogP contribution in [0.3, 0.4) is 0 Å². The Morgan fingerprint density at radius 3 is 2.73 bits per heavy atom. The van der Waals surface area contributed by atoms with Crippen LogP contribution in [0.25, 0.3) is 11.6 Å². The molecule has 0 aromatic heterocycles. The molecule has 0 heterocycles. The van der Waals surface area contributed by atoms with Crippen molar-refractivity contribution >= 4 is 17.6 Å². The first-order valence-corrected chi connectivity index (χ1v) is 4.16. The molecule has 0 aliphatic heterocycles. The van der Waals surface area contributed by atoms with Crippen molar-refractivity contribution in [3.63, 3.8) is 0 Å². The van der Waals surface area contributed by atoms with Crippen LogP contribution in [-0.4, -0.2) is 11.1 Å². The largest absolute Gasteiger partial charge is 0.478 e. The van der Waals surface area contributed by atoms with Crippen LogP contribution in [0, 0.1) is 5.82 Å². The number of benzene rings is 1. The SMILES string of the molecule is C=C(C(=O)O)c1cc(F)ccc1/C=C\N. The molecular weight excluding hydrogens is 197 g/mol. The van der Waals surface area contributed by atoms with Crippen molar-refractivity contribution in [1.82, 2.24) is 0 Å². The standard InChI is InChI=1S/C11H10FNO2/c1-7(11(14)15)10-6-9(12)3-2-8(10)4-5-13/h2-6H,1,13H2,(H,14,15)/b5-4-. The zero-order valence-corrected chi connectivity index (χ0v) is 7.90. The van der Waals surface area contributed by atoms with Crippen LogP contribution in [0.5, 0.6) is 0 Å². The third kappa shape index (κ3) is 2.43. The molecule has 78 valence electrons. The van der Waals surface area contributed by atoms with Gasteiger partial charge in [0.25, 0.3) is 0 Å². The molecule has 0 spiro atoms. The summed E-state index contributed by atoms with van der Waals surface area (Å²) < 4.78 is 12.9. The lowest BCUT2D eigenvalue weighted by Gasteiger charge is -2.05. The van der Waals surface area contributed by atoms with Crippen LogP contribution in [-0.2, 0) is 4.79 Å². The van der Waals surface area contributed by atoms with E-state index in [1.165, 1.54) is 24.4 Å². The summed E-state index contributed by atoms with van der Waals surface area (Å²) in [6.45, 7) is 3.37. The van der Waals surface area contributed by atoms with Gasteiger partial charge in [-0.15, -0.1) is 0 Å². The predicted molar refractivity (Wildman–Crippen MR) is 56.3 cm³/mol. The monoisotopic (exact) mass is 207 g/mol. The number of hydrogen-bond donors (Lipinski definition) is 2. The average molecular weight is 207 g/mol. The molecule has 0 unspecified atom stereocenters. The van der Waals surface area contributed by atoms with Gasteiger partial charge in [0.05, 0.1) is 5.57 Å². The molecule has 0 amide bonds. The molecular formula is C11H10FNO2. The third-order valence-electron chi connectivity index (χ3n) is 1.87. The van der Waals surface area contributed by atoms with Crippen molar-refractivity contribution in [2.45, 2.75) is 0 Å². The summed E-state index contributed by atoms with van der Waals surface area (Å²) in [6.07, 6.45) is 2.74. The topological polar surface area (TPSA) is 63.3 Å². The lowest BCUT2D eigenvalue weighted by atomic mass is 10.0. The van der Waals surface area contributed by atoms with E-state index < -0.39 is 11.8 Å². The zero-order valence-electron chi connectivity index (χ0n) is 7.90. The Bertz CT molecular complexity index is 438. The highest BCUT2D eigenvalue weighted by Crippen LogP contribution is 2.20. The van der Waals surface area contributed by atoms with E-state index in [0.29, 0.717) is 5.56 Å². The van der Waals surface area contributed by atoms with Crippen LogP contribution in [0.4, 0.5) is 4.39 Å². The highest BCUT2D eigenvalue weighted by molar-refractivity contribution is 6.15. The van der Waals surface area contributed by atoms with Gasteiger partial charge in [-0.05, 0) is 35.5 Å². The summed E-state index contributed by atoms with van der Waals surface area (Å²) in [6, 6.07) is 3.79. The van der Waals surface area contributed by atoms with E-state index in [9.17, 15) is 9.18 Å². The Morgan fingerprint density at radius 2 is 2.20 bits per heavy atom. The van der Waals surface area contributed by atoms with E-state index in [2.05, 4.69) is 6.58 Å². The van der Waals surface area contributed by atoms with Gasteiger partial charge in [-0.25, -0.2) is 9.18 Å². The number of rotatable bonds is 3. The Balaban J connectivity index is 3.30. The summed E-state index contributed by atoms with van der Waals surface area (Å²) >= 11 is 0. The Morgan fingerprint density at radius 1 is 1.53 bits per heavy atom. The van der Waals surface area contributed by atoms with Gasteiger partial charge in [0.2, 0.25) is 0 Å². The van der Waals surface area contributed by atoms with Gasteiger partial charge in [0.1, 0.15) is 5.82 Å². The van der Waals surface area contributed by atoms with Crippen molar-refractivity contribution in [2.75, 3.05) is 0 Å². The van der Waals surface area contributed by atoms with E-state index in [-0.39, 0.29) is 11.1 Å². The number of carbonyl (C=O) groups is 1. The Labute approximate surface area is 86.3 Å². The maximum Gasteiger partial charge on any atom is 0.335 e. The first-order chi connectivity index (χ1) is 7.06. The van der Waals surface area contributed by atoms with Gasteiger partial charge in [-0.2, -0.15) is 0 Å². The van der Waals surface area contributed by atoms with Crippen molar-refractivity contribution in [3.8, 4) is 0 Å². The van der Waals surface area contributed by atoms with Crippen molar-refractivity contribution in [3.05, 3.63) is 47.9 Å². The number of carboxylic acid groups (broad SMARTS) is 1. The molecule has 3 nitrogen and oxygen atoms in total. The Kier molecular flexibility index (Phi) is 3.23. The molecule has 0 aliphatic carbocycles. The minimum absolute atomic E-state index is 0.164. The van der Waals surface area contributed by atoms with Crippen LogP contribution < -0.4 is 5.73 Å². The van der Waals surface area contributed by atoms with E-state index in [4.69, 9.17) is 10.8 Å². The van der Waals surface area contributed by atoms with Gasteiger partial charge < -0.3 is 10.8 Å². The first-order valence-electron chi connectivity index (χ1n) is 4.16. The Hall–Kier alpha value is -2.10. The lowest BCUT2D eigenvalue weighted by molar-refractivity contribution is -0.130. The van der Waals surface area contributed by atoms with Crippen molar-refractivity contribution in [2.24, 2.45) is 5.73 Å². The zero-order chi connectivity index (χ0) is 11.4. The van der Waals surface area contributed by atoms with Crippen LogP contribution in [0.1, 0.15) is 11.1 Å². The molecule has 0 fully saturated rings. The van der Waals surface area contributed by atoms with E-state index in [1.54, 1.807) is 0 Å². The smallest absolute Gasteiger partial charge is 0.335 e. The van der Waals surface area contributed by atoms with Gasteiger partial charge in [0.15, 0.2) is 0 Å². The number of aliphatic carboxylic acids is 1. The first kappa shape index (κ1) is 11.0. The molecule has 1 aromatic rings. The van der Waals surface area contributed by atoms with E-state index >= 15 is 0 Å². The fourth-order valence-corrected chi connectivity index (χ4v) is 1.15. The highest BCUT2D eigenvalue weighted by Gasteiger charge is 2.11. The third-order valence-corrected chi connectivity index (χ3v) is 1.87. The lowest BCUT2D eigenvalue weighted by Crippen LogP contribution is -2.00. The molecule has 0 saturated heterocycles. The van der Waals surface area contributed by atoms with Gasteiger partial charge >= 0.3 is 5.97 Å². The minimum Gasteiger partial charge on any atom is -0.478 e. The summed E-state index contributed by atoms with van der Waals surface area (Å²) in [4.78, 5) is 10.7. The molecule has 1 rings (SSSR count). The number of halogens is 1. The number of nitrogens with two attached hydrogens (primary N) is 1. The highest BCUT2D eigenvalue weighted by atomic mass is 19.1. The molecule has 0 bridgehead atoms. The summed E-state index contributed by atoms with van der Waals surface area (Å²) in [5.41, 5.74) is 5.77. The molecule has 0 radical (unpaired) electrons. The van der Waals surface area contributed by atoms with Crippen LogP contribution in [0.2, 0.25) is 0 Å².